The van der Waals surface area contributed by atoms with E-state index in [1.165, 1.54) is 36.5 Å². The molecule has 198 valence electrons. The maximum Gasteiger partial charge on any atom is 0.248 e. The lowest BCUT2D eigenvalue weighted by molar-refractivity contribution is -0.120. The molecule has 4 N–H and O–H groups in total. The van der Waals surface area contributed by atoms with Crippen molar-refractivity contribution in [2.24, 2.45) is 11.0 Å². The third kappa shape index (κ3) is 6.71. The van der Waals surface area contributed by atoms with Crippen molar-refractivity contribution in [2.75, 3.05) is 38.5 Å². The maximum absolute atomic E-state index is 13.6. The summed E-state index contributed by atoms with van der Waals surface area (Å²) in [5, 5.41) is 23.6. The first-order valence-corrected chi connectivity index (χ1v) is 13.0. The first kappa shape index (κ1) is 27.2. The lowest BCUT2D eigenvalue weighted by atomic mass is 9.80. The number of halogens is 3. The van der Waals surface area contributed by atoms with Gasteiger partial charge in [-0.2, -0.15) is 5.10 Å². The minimum absolute atomic E-state index is 0.0402. The summed E-state index contributed by atoms with van der Waals surface area (Å²) in [4.78, 5) is 2.28. The minimum Gasteiger partial charge on any atom is -0.355 e. The summed E-state index contributed by atoms with van der Waals surface area (Å²) in [5.41, 5.74) is 6.89. The van der Waals surface area contributed by atoms with E-state index in [1.54, 1.807) is 19.2 Å². The Kier molecular flexibility index (Phi) is 8.56. The molecule has 0 spiro atoms. The number of nitrogens with zero attached hydrogens (tertiary/aromatic N) is 3. The summed E-state index contributed by atoms with van der Waals surface area (Å²) >= 11 is 1.39. The minimum atomic E-state index is -2.56. The van der Waals surface area contributed by atoms with Gasteiger partial charge in [-0.1, -0.05) is 0 Å². The Morgan fingerprint density at radius 2 is 1.92 bits per heavy atom. The SMILES string of the molecule is CN/N=C(\C=N)SN1CCN(CC2CC(F)(F)C2)C(c2cc(C=N)c(Nc3ccc(F)cc3)cc2C)C1. The first-order chi connectivity index (χ1) is 17.7. The van der Waals surface area contributed by atoms with Crippen LogP contribution in [0.1, 0.15) is 35.6 Å². The number of alkyl halides is 2. The van der Waals surface area contributed by atoms with Gasteiger partial charge in [0.2, 0.25) is 5.92 Å². The summed E-state index contributed by atoms with van der Waals surface area (Å²) in [5.74, 6) is -2.92. The molecule has 0 aromatic heterocycles. The van der Waals surface area contributed by atoms with E-state index >= 15 is 0 Å². The average molecular weight is 532 g/mol. The van der Waals surface area contributed by atoms with Crippen LogP contribution in [0.5, 0.6) is 0 Å². The fourth-order valence-electron chi connectivity index (χ4n) is 4.98. The molecule has 1 saturated carbocycles. The van der Waals surface area contributed by atoms with E-state index in [0.29, 0.717) is 42.5 Å². The van der Waals surface area contributed by atoms with E-state index in [1.807, 2.05) is 19.1 Å². The topological polar surface area (TPSA) is 90.6 Å². The highest BCUT2D eigenvalue weighted by Crippen LogP contribution is 2.44. The van der Waals surface area contributed by atoms with E-state index < -0.39 is 5.92 Å². The molecule has 4 rings (SSSR count). The third-order valence-corrected chi connectivity index (χ3v) is 7.75. The Morgan fingerprint density at radius 3 is 2.54 bits per heavy atom. The zero-order chi connectivity index (χ0) is 26.6. The highest BCUT2D eigenvalue weighted by Gasteiger charge is 2.46. The molecule has 2 aromatic rings. The van der Waals surface area contributed by atoms with E-state index in [0.717, 1.165) is 16.8 Å². The lowest BCUT2D eigenvalue weighted by Gasteiger charge is -2.45. The molecule has 1 aliphatic heterocycles. The molecule has 7 nitrogen and oxygen atoms in total. The van der Waals surface area contributed by atoms with Crippen molar-refractivity contribution in [1.82, 2.24) is 14.6 Å². The van der Waals surface area contributed by atoms with Gasteiger partial charge >= 0.3 is 0 Å². The van der Waals surface area contributed by atoms with E-state index in [2.05, 4.69) is 25.0 Å². The number of nitrogens with one attached hydrogen (secondary N) is 4. The Balaban J connectivity index is 1.61. The fraction of sp³-hybridized carbons (Fsp3) is 0.423. The number of anilines is 2. The normalized spacial score (nSPS) is 20.8. The van der Waals surface area contributed by atoms with Crippen molar-refractivity contribution in [3.8, 4) is 0 Å². The molecule has 2 fully saturated rings. The van der Waals surface area contributed by atoms with Crippen molar-refractivity contribution in [3.63, 3.8) is 0 Å². The number of aryl methyl sites for hydroxylation is 1. The predicted molar refractivity (Wildman–Crippen MR) is 145 cm³/mol. The zero-order valence-electron chi connectivity index (χ0n) is 20.9. The van der Waals surface area contributed by atoms with E-state index in [-0.39, 0.29) is 30.6 Å². The van der Waals surface area contributed by atoms with Crippen LogP contribution in [0, 0.1) is 29.5 Å². The Hall–Kier alpha value is -2.89. The number of benzene rings is 2. The highest BCUT2D eigenvalue weighted by atomic mass is 32.2. The van der Waals surface area contributed by atoms with Gasteiger partial charge in [0.1, 0.15) is 10.9 Å². The molecule has 11 heteroatoms. The van der Waals surface area contributed by atoms with Gasteiger partial charge in [-0.25, -0.2) is 17.5 Å². The second kappa shape index (κ2) is 11.7. The van der Waals surface area contributed by atoms with Gasteiger partial charge < -0.3 is 21.6 Å². The smallest absolute Gasteiger partial charge is 0.248 e. The van der Waals surface area contributed by atoms with Crippen molar-refractivity contribution >= 4 is 40.8 Å². The molecule has 1 unspecified atom stereocenters. The molecular formula is C26H32F3N7S. The van der Waals surface area contributed by atoms with Crippen LogP contribution in [0.15, 0.2) is 41.5 Å². The molecule has 1 atom stereocenters. The summed E-state index contributed by atoms with van der Waals surface area (Å²) in [6, 6.07) is 9.93. The van der Waals surface area contributed by atoms with E-state index in [9.17, 15) is 13.2 Å². The first-order valence-electron chi connectivity index (χ1n) is 12.2. The van der Waals surface area contributed by atoms with Gasteiger partial charge in [-0.05, 0) is 72.3 Å². The molecule has 2 aliphatic rings. The van der Waals surface area contributed by atoms with Gasteiger partial charge in [-0.3, -0.25) is 4.90 Å². The lowest BCUT2D eigenvalue weighted by Crippen LogP contribution is -2.50. The van der Waals surface area contributed by atoms with Gasteiger partial charge in [0.15, 0.2) is 0 Å². The Morgan fingerprint density at radius 1 is 1.19 bits per heavy atom. The number of hydrogen-bond acceptors (Lipinski definition) is 8. The predicted octanol–water partition coefficient (Wildman–Crippen LogP) is 5.41. The van der Waals surface area contributed by atoms with Crippen molar-refractivity contribution in [2.45, 2.75) is 31.7 Å². The largest absolute Gasteiger partial charge is 0.355 e. The van der Waals surface area contributed by atoms with Crippen molar-refractivity contribution in [3.05, 3.63) is 58.9 Å². The van der Waals surface area contributed by atoms with Crippen LogP contribution in [-0.4, -0.2) is 65.8 Å². The quantitative estimate of drug-likeness (QED) is 0.150. The van der Waals surface area contributed by atoms with Crippen LogP contribution in [-0.2, 0) is 0 Å². The van der Waals surface area contributed by atoms with Gasteiger partial charge in [0.25, 0.3) is 0 Å². The number of hydrazone groups is 1. The Bertz CT molecular complexity index is 1150. The van der Waals surface area contributed by atoms with Gasteiger partial charge in [-0.15, -0.1) is 0 Å². The monoisotopic (exact) mass is 531 g/mol. The molecule has 37 heavy (non-hydrogen) atoms. The van der Waals surface area contributed by atoms with Crippen LogP contribution in [0.4, 0.5) is 24.5 Å². The van der Waals surface area contributed by atoms with Crippen LogP contribution in [0.25, 0.3) is 0 Å². The second-order valence-corrected chi connectivity index (χ2v) is 10.6. The molecular weight excluding hydrogens is 499 g/mol. The second-order valence-electron chi connectivity index (χ2n) is 9.51. The maximum atomic E-state index is 13.6. The summed E-state index contributed by atoms with van der Waals surface area (Å²) in [7, 11) is 1.68. The summed E-state index contributed by atoms with van der Waals surface area (Å²) in [6.07, 6.45) is 2.33. The molecule has 0 radical (unpaired) electrons. The molecule has 1 heterocycles. The Labute approximate surface area is 219 Å². The van der Waals surface area contributed by atoms with Crippen molar-refractivity contribution in [1.29, 1.82) is 10.8 Å². The molecule has 0 amide bonds. The number of hydrogen-bond donors (Lipinski definition) is 4. The molecule has 1 aliphatic carbocycles. The zero-order valence-corrected chi connectivity index (χ0v) is 21.7. The summed E-state index contributed by atoms with van der Waals surface area (Å²) < 4.78 is 42.6. The van der Waals surface area contributed by atoms with Crippen molar-refractivity contribution < 1.29 is 13.2 Å². The molecule has 0 bridgehead atoms. The highest BCUT2D eigenvalue weighted by molar-refractivity contribution is 8.13. The fourth-order valence-corrected chi connectivity index (χ4v) is 5.81. The summed E-state index contributed by atoms with van der Waals surface area (Å²) in [6.45, 7) is 4.62. The van der Waals surface area contributed by atoms with Gasteiger partial charge in [0, 0.05) is 75.3 Å². The average Bonchev–Trinajstić information content (AvgIpc) is 2.85. The van der Waals surface area contributed by atoms with E-state index in [4.69, 9.17) is 10.8 Å². The standard InChI is InChI=1S/C26H32F3N7S/c1-17-9-23(33-21-5-3-20(27)4-6-21)19(13-30)10-22(17)24-16-36(37-25(14-31)34-32-2)8-7-35(24)15-18-11-26(28,29)12-18/h3-6,9-10,13-14,18,24,30-33H,7-8,11-12,15-16H2,1-2H3/b30-13?,31-14?,34-25+. The number of rotatable bonds is 9. The molecule has 1 saturated heterocycles. The third-order valence-electron chi connectivity index (χ3n) is 6.77. The van der Waals surface area contributed by atoms with Gasteiger partial charge in [0.05, 0.1) is 6.21 Å². The van der Waals surface area contributed by atoms with Crippen LogP contribution < -0.4 is 10.7 Å². The van der Waals surface area contributed by atoms with Crippen LogP contribution >= 0.6 is 11.9 Å². The number of piperazine rings is 1. The van der Waals surface area contributed by atoms with Crippen LogP contribution in [0.3, 0.4) is 0 Å². The molecule has 2 aromatic carbocycles. The van der Waals surface area contributed by atoms with Crippen LogP contribution in [0.2, 0.25) is 0 Å².